The van der Waals surface area contributed by atoms with Crippen molar-refractivity contribution in [2.45, 2.75) is 13.8 Å². The molecule has 0 amide bonds. The van der Waals surface area contributed by atoms with E-state index in [-0.39, 0.29) is 0 Å². The van der Waals surface area contributed by atoms with E-state index in [1.54, 1.807) is 0 Å². The Morgan fingerprint density at radius 2 is 1.67 bits per heavy atom. The minimum atomic E-state index is 0.945. The monoisotopic (exact) mass is 275 g/mol. The Hall–Kier alpha value is -2.68. The maximum absolute atomic E-state index is 4.55. The highest BCUT2D eigenvalue weighted by atomic mass is 15.3. The lowest BCUT2D eigenvalue weighted by Crippen LogP contribution is -2.02. The van der Waals surface area contributed by atoms with Gasteiger partial charge >= 0.3 is 0 Å². The molecule has 0 unspecified atom stereocenters. The van der Waals surface area contributed by atoms with Crippen LogP contribution in [0.2, 0.25) is 0 Å². The maximum atomic E-state index is 4.55. The second-order valence-corrected chi connectivity index (χ2v) is 4.99. The van der Waals surface area contributed by atoms with E-state index in [9.17, 15) is 0 Å². The van der Waals surface area contributed by atoms with Crippen LogP contribution in [-0.2, 0) is 0 Å². The van der Waals surface area contributed by atoms with Crippen molar-refractivity contribution >= 4 is 11.9 Å². The first-order valence-corrected chi connectivity index (χ1v) is 6.96. The molecule has 0 radical (unpaired) electrons. The molecule has 0 saturated heterocycles. The van der Waals surface area contributed by atoms with Gasteiger partial charge in [-0.15, -0.1) is 0 Å². The molecule has 0 saturated carbocycles. The van der Waals surface area contributed by atoms with E-state index in [0.29, 0.717) is 0 Å². The van der Waals surface area contributed by atoms with Gasteiger partial charge in [0.2, 0.25) is 0 Å². The highest BCUT2D eigenvalue weighted by molar-refractivity contribution is 5.86. The lowest BCUT2D eigenvalue weighted by molar-refractivity contribution is 0.832. The fourth-order valence-electron chi connectivity index (χ4n) is 2.32. The minimum Gasteiger partial charge on any atom is -0.256 e. The normalized spacial score (nSPS) is 11.1. The fraction of sp³-hybridized carbons (Fsp3) is 0.111. The van der Waals surface area contributed by atoms with Crippen LogP contribution in [0.25, 0.3) is 5.69 Å². The topological polar surface area (TPSA) is 30.2 Å². The van der Waals surface area contributed by atoms with Crippen LogP contribution in [0.1, 0.15) is 17.0 Å². The summed E-state index contributed by atoms with van der Waals surface area (Å²) in [6.07, 6.45) is 1.89. The van der Waals surface area contributed by atoms with Gasteiger partial charge in [0.05, 0.1) is 17.1 Å². The average Bonchev–Trinajstić information content (AvgIpc) is 2.85. The fourth-order valence-corrected chi connectivity index (χ4v) is 2.32. The maximum Gasteiger partial charge on any atom is 0.0736 e. The molecule has 1 aromatic heterocycles. The van der Waals surface area contributed by atoms with Crippen molar-refractivity contribution in [1.29, 1.82) is 0 Å². The zero-order valence-corrected chi connectivity index (χ0v) is 12.2. The smallest absolute Gasteiger partial charge is 0.0736 e. The molecule has 104 valence electrons. The molecule has 1 heterocycles. The Balaban J connectivity index is 2.01. The van der Waals surface area contributed by atoms with Crippen molar-refractivity contribution in [3.63, 3.8) is 0 Å². The van der Waals surface area contributed by atoms with Gasteiger partial charge in [0.1, 0.15) is 0 Å². The third-order valence-electron chi connectivity index (χ3n) is 3.28. The number of para-hydroxylation sites is 2. The van der Waals surface area contributed by atoms with E-state index in [1.807, 2.05) is 60.3 Å². The molecule has 0 aliphatic rings. The Morgan fingerprint density at radius 3 is 2.38 bits per heavy atom. The number of hydrogen-bond acceptors (Lipinski definition) is 2. The molecule has 0 aliphatic carbocycles. The zero-order chi connectivity index (χ0) is 14.7. The van der Waals surface area contributed by atoms with Gasteiger partial charge < -0.3 is 0 Å². The lowest BCUT2D eigenvalue weighted by Gasteiger charge is -2.07. The molecule has 0 spiro atoms. The predicted octanol–water partition coefficient (Wildman–Crippen LogP) is 4.24. The summed E-state index contributed by atoms with van der Waals surface area (Å²) in [6, 6.07) is 20.2. The van der Waals surface area contributed by atoms with Gasteiger partial charge in [0.15, 0.2) is 0 Å². The number of aromatic nitrogens is 2. The van der Waals surface area contributed by atoms with Crippen molar-refractivity contribution in [2.24, 2.45) is 4.99 Å². The van der Waals surface area contributed by atoms with Crippen molar-refractivity contribution in [3.8, 4) is 5.69 Å². The van der Waals surface area contributed by atoms with Gasteiger partial charge in [0, 0.05) is 17.5 Å². The van der Waals surface area contributed by atoms with Crippen LogP contribution in [0.4, 0.5) is 5.69 Å². The molecule has 0 bridgehead atoms. The second kappa shape index (κ2) is 5.75. The summed E-state index contributed by atoms with van der Waals surface area (Å²) in [4.78, 5) is 4.53. The van der Waals surface area contributed by atoms with Crippen LogP contribution in [0.3, 0.4) is 0 Å². The summed E-state index contributed by atoms with van der Waals surface area (Å²) in [5, 5.41) is 4.55. The summed E-state index contributed by atoms with van der Waals surface area (Å²) >= 11 is 0. The van der Waals surface area contributed by atoms with Crippen molar-refractivity contribution in [1.82, 2.24) is 9.78 Å². The van der Waals surface area contributed by atoms with Gasteiger partial charge in [-0.2, -0.15) is 5.10 Å². The van der Waals surface area contributed by atoms with Crippen LogP contribution >= 0.6 is 0 Å². The second-order valence-electron chi connectivity index (χ2n) is 4.99. The van der Waals surface area contributed by atoms with Crippen molar-refractivity contribution in [2.75, 3.05) is 0 Å². The highest BCUT2D eigenvalue weighted by Crippen LogP contribution is 2.17. The number of benzene rings is 2. The number of aryl methyl sites for hydroxylation is 2. The number of hydrogen-bond donors (Lipinski definition) is 0. The van der Waals surface area contributed by atoms with E-state index < -0.39 is 0 Å². The minimum absolute atomic E-state index is 0.945. The first kappa shape index (κ1) is 13.3. The lowest BCUT2D eigenvalue weighted by atomic mass is 10.2. The third-order valence-corrected chi connectivity index (χ3v) is 3.28. The molecule has 0 fully saturated rings. The average molecular weight is 275 g/mol. The largest absolute Gasteiger partial charge is 0.256 e. The third kappa shape index (κ3) is 2.92. The molecule has 0 N–H and O–H groups in total. The van der Waals surface area contributed by atoms with Crippen LogP contribution < -0.4 is 0 Å². The molecular weight excluding hydrogens is 258 g/mol. The summed E-state index contributed by atoms with van der Waals surface area (Å²) < 4.78 is 1.96. The van der Waals surface area contributed by atoms with E-state index in [2.05, 4.69) is 35.2 Å². The molecule has 3 aromatic rings. The number of nitrogens with zero attached hydrogens (tertiary/aromatic N) is 3. The molecule has 0 atom stereocenters. The Bertz CT molecular complexity index is 770. The van der Waals surface area contributed by atoms with Gasteiger partial charge in [-0.3, -0.25) is 4.99 Å². The van der Waals surface area contributed by atoms with E-state index in [0.717, 1.165) is 28.3 Å². The van der Waals surface area contributed by atoms with Crippen molar-refractivity contribution < 1.29 is 0 Å². The summed E-state index contributed by atoms with van der Waals surface area (Å²) in [5.41, 5.74) is 5.17. The predicted molar refractivity (Wildman–Crippen MR) is 86.7 cm³/mol. The highest BCUT2D eigenvalue weighted by Gasteiger charge is 2.06. The van der Waals surface area contributed by atoms with Gasteiger partial charge in [-0.1, -0.05) is 36.4 Å². The quantitative estimate of drug-likeness (QED) is 0.657. The summed E-state index contributed by atoms with van der Waals surface area (Å²) in [5.74, 6) is 0. The van der Waals surface area contributed by atoms with Crippen LogP contribution in [0, 0.1) is 13.8 Å². The van der Waals surface area contributed by atoms with E-state index in [1.165, 1.54) is 0 Å². The molecule has 2 aromatic carbocycles. The molecule has 3 rings (SSSR count). The molecular formula is C18H17N3. The van der Waals surface area contributed by atoms with Crippen LogP contribution in [0.15, 0.2) is 65.7 Å². The Morgan fingerprint density at radius 1 is 0.952 bits per heavy atom. The van der Waals surface area contributed by atoms with Crippen LogP contribution in [-0.4, -0.2) is 16.0 Å². The zero-order valence-electron chi connectivity index (χ0n) is 12.2. The molecule has 21 heavy (non-hydrogen) atoms. The first-order chi connectivity index (χ1) is 10.2. The molecule has 3 heteroatoms. The van der Waals surface area contributed by atoms with E-state index >= 15 is 0 Å². The Kier molecular flexibility index (Phi) is 3.65. The Labute approximate surface area is 124 Å². The first-order valence-electron chi connectivity index (χ1n) is 6.96. The van der Waals surface area contributed by atoms with Gasteiger partial charge in [0.25, 0.3) is 0 Å². The summed E-state index contributed by atoms with van der Waals surface area (Å²) in [6.45, 7) is 4.06. The SMILES string of the molecule is Cc1cc(C)n(-c2ccccc2C=Nc2ccccc2)n1. The number of rotatable bonds is 3. The number of aliphatic imine (C=N–C) groups is 1. The molecule has 0 aliphatic heterocycles. The van der Waals surface area contributed by atoms with Crippen LogP contribution in [0.5, 0.6) is 0 Å². The van der Waals surface area contributed by atoms with Gasteiger partial charge in [-0.25, -0.2) is 4.68 Å². The summed E-state index contributed by atoms with van der Waals surface area (Å²) in [7, 11) is 0. The van der Waals surface area contributed by atoms with Gasteiger partial charge in [-0.05, 0) is 38.1 Å². The van der Waals surface area contributed by atoms with Crippen molar-refractivity contribution in [3.05, 3.63) is 77.6 Å². The standard InChI is InChI=1S/C18H17N3/c1-14-12-15(2)21(20-14)18-11-7-6-8-16(18)13-19-17-9-4-3-5-10-17/h3-13H,1-2H3. The molecule has 3 nitrogen and oxygen atoms in total. The van der Waals surface area contributed by atoms with E-state index in [4.69, 9.17) is 0 Å².